The number of ether oxygens (including phenoxy) is 1. The van der Waals surface area contributed by atoms with E-state index >= 15 is 0 Å². The molecule has 0 amide bonds. The highest BCUT2D eigenvalue weighted by atomic mass is 127. The smallest absolute Gasteiger partial charge is 0.274 e. The van der Waals surface area contributed by atoms with E-state index < -0.39 is 0 Å². The van der Waals surface area contributed by atoms with Gasteiger partial charge in [0.25, 0.3) is 5.56 Å². The van der Waals surface area contributed by atoms with Crippen LogP contribution < -0.4 is 19.7 Å². The van der Waals surface area contributed by atoms with E-state index in [1.807, 2.05) is 36.4 Å². The van der Waals surface area contributed by atoms with Gasteiger partial charge in [-0.15, -0.1) is 0 Å². The van der Waals surface area contributed by atoms with Crippen molar-refractivity contribution in [3.63, 3.8) is 0 Å². The van der Waals surface area contributed by atoms with Crippen molar-refractivity contribution in [2.24, 2.45) is 0 Å². The molecule has 0 unspecified atom stereocenters. The maximum Gasteiger partial charge on any atom is 0.274 e. The molecule has 0 aliphatic carbocycles. The molecule has 2 aromatic heterocycles. The fraction of sp³-hybridized carbons (Fsp3) is 0.185. The lowest BCUT2D eigenvalue weighted by atomic mass is 10.1. The van der Waals surface area contributed by atoms with E-state index in [-0.39, 0.29) is 5.56 Å². The van der Waals surface area contributed by atoms with Gasteiger partial charge in [0.2, 0.25) is 0 Å². The quantitative estimate of drug-likeness (QED) is 0.239. The zero-order valence-corrected chi connectivity index (χ0v) is 22.0. The third-order valence-electron chi connectivity index (χ3n) is 5.87. The zero-order valence-electron chi connectivity index (χ0n) is 19.0. The monoisotopic (exact) mass is 581 g/mol. The van der Waals surface area contributed by atoms with Crippen molar-refractivity contribution in [2.45, 2.75) is 20.5 Å². The number of halogens is 1. The number of nitrogens with zero attached hydrogens (tertiary/aromatic N) is 3. The number of aromatic nitrogens is 2. The van der Waals surface area contributed by atoms with Crippen LogP contribution >= 0.6 is 33.9 Å². The summed E-state index contributed by atoms with van der Waals surface area (Å²) < 4.78 is 9.83. The Kier molecular flexibility index (Phi) is 6.56. The van der Waals surface area contributed by atoms with Gasteiger partial charge in [0.1, 0.15) is 12.4 Å². The maximum atomic E-state index is 13.3. The molecule has 0 aliphatic heterocycles. The van der Waals surface area contributed by atoms with Gasteiger partial charge in [0, 0.05) is 34.0 Å². The molecular weight excluding hydrogens is 557 g/mol. The minimum atomic E-state index is -0.0508. The Morgan fingerprint density at radius 2 is 1.82 bits per heavy atom. The Morgan fingerprint density at radius 1 is 1.06 bits per heavy atom. The number of fused-ring (bicyclic) bond motifs is 3. The van der Waals surface area contributed by atoms with Crippen LogP contribution in [0.2, 0.25) is 0 Å². The van der Waals surface area contributed by atoms with Crippen molar-refractivity contribution in [2.75, 3.05) is 18.0 Å². The number of imidazole rings is 1. The van der Waals surface area contributed by atoms with Gasteiger partial charge >= 0.3 is 0 Å². The normalized spacial score (nSPS) is 12.0. The predicted molar refractivity (Wildman–Crippen MR) is 149 cm³/mol. The van der Waals surface area contributed by atoms with E-state index in [1.165, 1.54) is 14.9 Å². The van der Waals surface area contributed by atoms with Crippen LogP contribution in [0.3, 0.4) is 0 Å². The molecular formula is C27H24IN3O2S. The first-order valence-electron chi connectivity index (χ1n) is 11.3. The minimum absolute atomic E-state index is 0.0508. The van der Waals surface area contributed by atoms with Crippen molar-refractivity contribution in [3.05, 3.63) is 96.3 Å². The molecule has 0 bridgehead atoms. The largest absolute Gasteiger partial charge is 0.488 e. The summed E-state index contributed by atoms with van der Waals surface area (Å²) in [6, 6.07) is 22.2. The molecule has 0 fully saturated rings. The van der Waals surface area contributed by atoms with E-state index in [9.17, 15) is 4.79 Å². The van der Waals surface area contributed by atoms with E-state index in [0.717, 1.165) is 46.7 Å². The molecule has 0 saturated heterocycles. The molecule has 0 saturated carbocycles. The average molecular weight is 581 g/mol. The van der Waals surface area contributed by atoms with Crippen LogP contribution in [0.4, 0.5) is 5.69 Å². The van der Waals surface area contributed by atoms with Crippen LogP contribution in [-0.2, 0) is 6.61 Å². The van der Waals surface area contributed by atoms with Crippen molar-refractivity contribution < 1.29 is 4.74 Å². The molecule has 0 atom stereocenters. The molecule has 5 nitrogen and oxygen atoms in total. The van der Waals surface area contributed by atoms with E-state index in [1.54, 1.807) is 4.40 Å². The van der Waals surface area contributed by atoms with Gasteiger partial charge < -0.3 is 9.64 Å². The van der Waals surface area contributed by atoms with Crippen molar-refractivity contribution in [1.29, 1.82) is 0 Å². The summed E-state index contributed by atoms with van der Waals surface area (Å²) >= 11 is 3.71. The lowest BCUT2D eigenvalue weighted by Gasteiger charge is -2.22. The second-order valence-corrected chi connectivity index (χ2v) is 10.2. The summed E-state index contributed by atoms with van der Waals surface area (Å²) in [5, 5.41) is 0. The number of hydrogen-bond acceptors (Lipinski definition) is 5. The highest BCUT2D eigenvalue weighted by Gasteiger charge is 2.13. The Morgan fingerprint density at radius 3 is 2.59 bits per heavy atom. The molecule has 5 rings (SSSR count). The lowest BCUT2D eigenvalue weighted by Crippen LogP contribution is -2.23. The number of benzene rings is 3. The Labute approximate surface area is 215 Å². The number of para-hydroxylation sites is 2. The summed E-state index contributed by atoms with van der Waals surface area (Å²) in [6.45, 7) is 6.57. The number of rotatable bonds is 7. The Balaban J connectivity index is 1.58. The molecule has 7 heteroatoms. The second-order valence-electron chi connectivity index (χ2n) is 7.94. The van der Waals surface area contributed by atoms with Crippen LogP contribution in [0.5, 0.6) is 5.75 Å². The molecule has 172 valence electrons. The number of hydrogen-bond donors (Lipinski definition) is 0. The number of thiazole rings is 1. The van der Waals surface area contributed by atoms with E-state index in [2.05, 4.69) is 82.7 Å². The van der Waals surface area contributed by atoms with Crippen LogP contribution in [0.15, 0.2) is 71.5 Å². The first kappa shape index (κ1) is 22.9. The summed E-state index contributed by atoms with van der Waals surface area (Å²) in [5.41, 5.74) is 4.71. The first-order chi connectivity index (χ1) is 16.6. The van der Waals surface area contributed by atoms with Gasteiger partial charge in [-0.2, -0.15) is 0 Å². The van der Waals surface area contributed by atoms with Crippen molar-refractivity contribution >= 4 is 61.7 Å². The predicted octanol–water partition coefficient (Wildman–Crippen LogP) is 5.49. The summed E-state index contributed by atoms with van der Waals surface area (Å²) in [5.74, 6) is 0.762. The van der Waals surface area contributed by atoms with E-state index in [0.29, 0.717) is 16.1 Å². The third-order valence-corrected chi connectivity index (χ3v) is 7.55. The van der Waals surface area contributed by atoms with Crippen LogP contribution in [-0.4, -0.2) is 22.5 Å². The van der Waals surface area contributed by atoms with Gasteiger partial charge in [-0.3, -0.25) is 4.79 Å². The molecule has 2 heterocycles. The van der Waals surface area contributed by atoms with Crippen molar-refractivity contribution in [1.82, 2.24) is 9.38 Å². The average Bonchev–Trinajstić information content (AvgIpc) is 3.36. The van der Waals surface area contributed by atoms with Crippen molar-refractivity contribution in [3.8, 4) is 5.75 Å². The standard InChI is InChI=1S/C27H24IN3O2S/c1-3-30(4-2)21-14-11-19(24(16-21)33-17-18-9-12-20(28)13-10-18)15-25-26(32)31-23-8-6-5-7-22(23)29-27(31)34-25/h5-16H,3-4,17H2,1-2H3/b25-15+. The molecule has 0 radical (unpaired) electrons. The maximum absolute atomic E-state index is 13.3. The fourth-order valence-electron chi connectivity index (χ4n) is 4.05. The highest BCUT2D eigenvalue weighted by molar-refractivity contribution is 14.1. The summed E-state index contributed by atoms with van der Waals surface area (Å²) in [4.78, 5) is 20.9. The minimum Gasteiger partial charge on any atom is -0.488 e. The summed E-state index contributed by atoms with van der Waals surface area (Å²) in [6.07, 6.45) is 1.92. The van der Waals surface area contributed by atoms with E-state index in [4.69, 9.17) is 4.74 Å². The Bertz CT molecular complexity index is 1570. The van der Waals surface area contributed by atoms with Crippen LogP contribution in [0, 0.1) is 3.57 Å². The van der Waals surface area contributed by atoms with Gasteiger partial charge in [0.15, 0.2) is 4.96 Å². The molecule has 0 spiro atoms. The van der Waals surface area contributed by atoms with Gasteiger partial charge in [0.05, 0.1) is 15.6 Å². The molecule has 34 heavy (non-hydrogen) atoms. The second kappa shape index (κ2) is 9.76. The van der Waals surface area contributed by atoms with Gasteiger partial charge in [-0.1, -0.05) is 35.6 Å². The molecule has 0 N–H and O–H groups in total. The molecule has 0 aliphatic rings. The highest BCUT2D eigenvalue weighted by Crippen LogP contribution is 2.28. The Hall–Kier alpha value is -2.91. The lowest BCUT2D eigenvalue weighted by molar-refractivity contribution is 0.305. The number of anilines is 1. The third kappa shape index (κ3) is 4.42. The van der Waals surface area contributed by atoms with Gasteiger partial charge in [-0.25, -0.2) is 9.38 Å². The molecule has 5 aromatic rings. The zero-order chi connectivity index (χ0) is 23.7. The van der Waals surface area contributed by atoms with Crippen LogP contribution in [0.1, 0.15) is 25.0 Å². The van der Waals surface area contributed by atoms with Crippen LogP contribution in [0.25, 0.3) is 22.1 Å². The topological polar surface area (TPSA) is 46.8 Å². The fourth-order valence-corrected chi connectivity index (χ4v) is 5.39. The van der Waals surface area contributed by atoms with Gasteiger partial charge in [-0.05, 0) is 84.5 Å². The SMILES string of the molecule is CCN(CC)c1ccc(/C=c2/sc3nc4ccccc4n3c2=O)c(OCc2ccc(I)cc2)c1. The first-order valence-corrected chi connectivity index (χ1v) is 13.1. The molecule has 3 aromatic carbocycles. The summed E-state index contributed by atoms with van der Waals surface area (Å²) in [7, 11) is 0.